The van der Waals surface area contributed by atoms with Gasteiger partial charge >= 0.3 is 0 Å². The number of sulfonamides is 1. The number of carbonyl (C=O) groups is 1. The van der Waals surface area contributed by atoms with E-state index in [0.717, 1.165) is 11.3 Å². The van der Waals surface area contributed by atoms with E-state index in [-0.39, 0.29) is 10.8 Å². The number of nitrogens with zero attached hydrogens (tertiary/aromatic N) is 3. The number of anilines is 1. The summed E-state index contributed by atoms with van der Waals surface area (Å²) in [6, 6.07) is 7.46. The predicted molar refractivity (Wildman–Crippen MR) is 105 cm³/mol. The summed E-state index contributed by atoms with van der Waals surface area (Å²) in [4.78, 5) is 12.4. The SMILES string of the molecule is Cc1occc1-c1nnc(S[C@H](C)C(=O)Nc2ccc(S(N)(=O)=O)cc2)n1C. The van der Waals surface area contributed by atoms with E-state index in [1.807, 2.05) is 20.0 Å². The molecule has 3 rings (SSSR count). The van der Waals surface area contributed by atoms with Gasteiger partial charge in [0.05, 0.1) is 22.0 Å². The number of thioether (sulfide) groups is 1. The van der Waals surface area contributed by atoms with Gasteiger partial charge in [-0.15, -0.1) is 10.2 Å². The fourth-order valence-electron chi connectivity index (χ4n) is 2.45. The minimum absolute atomic E-state index is 0.0194. The molecule has 148 valence electrons. The Morgan fingerprint density at radius 2 is 1.93 bits per heavy atom. The molecule has 1 atom stereocenters. The van der Waals surface area contributed by atoms with Gasteiger partial charge in [0.25, 0.3) is 0 Å². The molecule has 0 aliphatic rings. The van der Waals surface area contributed by atoms with Crippen LogP contribution < -0.4 is 10.5 Å². The molecule has 0 saturated carbocycles. The fourth-order valence-corrected chi connectivity index (χ4v) is 3.78. The molecule has 0 radical (unpaired) electrons. The summed E-state index contributed by atoms with van der Waals surface area (Å²) >= 11 is 1.26. The minimum atomic E-state index is -3.77. The van der Waals surface area contributed by atoms with Gasteiger partial charge in [0.2, 0.25) is 15.9 Å². The van der Waals surface area contributed by atoms with Crippen molar-refractivity contribution < 1.29 is 17.6 Å². The molecule has 0 aliphatic carbocycles. The van der Waals surface area contributed by atoms with Gasteiger partial charge in [0, 0.05) is 12.7 Å². The summed E-state index contributed by atoms with van der Waals surface area (Å²) in [5.41, 5.74) is 1.31. The largest absolute Gasteiger partial charge is 0.469 e. The van der Waals surface area contributed by atoms with Crippen LogP contribution in [0.1, 0.15) is 12.7 Å². The lowest BCUT2D eigenvalue weighted by molar-refractivity contribution is -0.115. The molecule has 0 bridgehead atoms. The number of rotatable bonds is 6. The van der Waals surface area contributed by atoms with Crippen molar-refractivity contribution in [3.05, 3.63) is 42.4 Å². The molecule has 2 aromatic heterocycles. The number of nitrogens with two attached hydrogens (primary N) is 1. The summed E-state index contributed by atoms with van der Waals surface area (Å²) < 4.78 is 29.7. The average Bonchev–Trinajstić information content (AvgIpc) is 3.20. The van der Waals surface area contributed by atoms with Gasteiger partial charge in [-0.2, -0.15) is 0 Å². The van der Waals surface area contributed by atoms with Gasteiger partial charge in [0.1, 0.15) is 5.76 Å². The number of benzene rings is 1. The van der Waals surface area contributed by atoms with Gasteiger partial charge < -0.3 is 14.3 Å². The second-order valence-corrected chi connectivity index (χ2v) is 8.94. The summed E-state index contributed by atoms with van der Waals surface area (Å²) in [7, 11) is -1.95. The molecule has 9 nitrogen and oxygen atoms in total. The summed E-state index contributed by atoms with van der Waals surface area (Å²) in [5, 5.41) is 16.3. The highest BCUT2D eigenvalue weighted by Crippen LogP contribution is 2.28. The molecule has 1 amide bonds. The zero-order valence-electron chi connectivity index (χ0n) is 15.4. The monoisotopic (exact) mass is 421 g/mol. The zero-order chi connectivity index (χ0) is 20.5. The Balaban J connectivity index is 1.68. The molecule has 0 fully saturated rings. The summed E-state index contributed by atoms with van der Waals surface area (Å²) in [6.45, 7) is 3.59. The van der Waals surface area contributed by atoms with Crippen molar-refractivity contribution in [1.82, 2.24) is 14.8 Å². The van der Waals surface area contributed by atoms with Crippen LogP contribution in [-0.2, 0) is 21.9 Å². The maximum Gasteiger partial charge on any atom is 0.238 e. The van der Waals surface area contributed by atoms with Gasteiger partial charge in [0.15, 0.2) is 11.0 Å². The van der Waals surface area contributed by atoms with Crippen LogP contribution in [-0.4, -0.2) is 34.3 Å². The quantitative estimate of drug-likeness (QED) is 0.583. The van der Waals surface area contributed by atoms with Crippen LogP contribution in [0.3, 0.4) is 0 Å². The van der Waals surface area contributed by atoms with Gasteiger partial charge in [-0.05, 0) is 44.2 Å². The predicted octanol–water partition coefficient (Wildman–Crippen LogP) is 2.15. The van der Waals surface area contributed by atoms with E-state index in [0.29, 0.717) is 16.7 Å². The Morgan fingerprint density at radius 3 is 2.50 bits per heavy atom. The first kappa shape index (κ1) is 20.1. The van der Waals surface area contributed by atoms with Gasteiger partial charge in [-0.25, -0.2) is 13.6 Å². The smallest absolute Gasteiger partial charge is 0.238 e. The molecule has 0 saturated heterocycles. The number of hydrogen-bond donors (Lipinski definition) is 2. The number of aromatic nitrogens is 3. The van der Waals surface area contributed by atoms with Gasteiger partial charge in [-0.3, -0.25) is 4.79 Å². The van der Waals surface area contributed by atoms with Crippen molar-refractivity contribution in [3.8, 4) is 11.4 Å². The lowest BCUT2D eigenvalue weighted by Gasteiger charge is -2.12. The Labute approximate surface area is 166 Å². The summed E-state index contributed by atoms with van der Waals surface area (Å²) in [6.07, 6.45) is 1.59. The molecular formula is C17H19N5O4S2. The maximum absolute atomic E-state index is 12.5. The van der Waals surface area contributed by atoms with E-state index in [4.69, 9.17) is 9.56 Å². The molecule has 3 N–H and O–H groups in total. The van der Waals surface area contributed by atoms with Crippen molar-refractivity contribution >= 4 is 33.4 Å². The number of nitrogens with one attached hydrogen (secondary N) is 1. The van der Waals surface area contributed by atoms with Crippen molar-refractivity contribution in [3.63, 3.8) is 0 Å². The van der Waals surface area contributed by atoms with Gasteiger partial charge in [-0.1, -0.05) is 11.8 Å². The Kier molecular flexibility index (Phi) is 5.59. The van der Waals surface area contributed by atoms with Crippen LogP contribution in [0.2, 0.25) is 0 Å². The Hall–Kier alpha value is -2.63. The molecular weight excluding hydrogens is 402 g/mol. The molecule has 2 heterocycles. The van der Waals surface area contributed by atoms with E-state index in [1.54, 1.807) is 17.8 Å². The number of hydrogen-bond acceptors (Lipinski definition) is 7. The number of furan rings is 1. The second-order valence-electron chi connectivity index (χ2n) is 6.07. The third-order valence-corrected chi connectivity index (χ3v) is 6.10. The van der Waals surface area contributed by atoms with E-state index >= 15 is 0 Å². The first-order valence-electron chi connectivity index (χ1n) is 8.21. The average molecular weight is 422 g/mol. The van der Waals surface area contributed by atoms with Crippen LogP contribution in [0.15, 0.2) is 51.1 Å². The fraction of sp³-hybridized carbons (Fsp3) is 0.235. The zero-order valence-corrected chi connectivity index (χ0v) is 17.0. The molecule has 0 unspecified atom stereocenters. The highest BCUT2D eigenvalue weighted by Gasteiger charge is 2.21. The number of amides is 1. The molecule has 0 aliphatic heterocycles. The topological polar surface area (TPSA) is 133 Å². The van der Waals surface area contributed by atoms with Crippen LogP contribution in [0.25, 0.3) is 11.4 Å². The van der Waals surface area contributed by atoms with E-state index in [2.05, 4.69) is 15.5 Å². The highest BCUT2D eigenvalue weighted by molar-refractivity contribution is 8.00. The molecule has 3 aromatic rings. The third-order valence-electron chi connectivity index (χ3n) is 4.04. The van der Waals surface area contributed by atoms with Crippen LogP contribution in [0.4, 0.5) is 5.69 Å². The Bertz CT molecular complexity index is 1100. The molecule has 11 heteroatoms. The third kappa shape index (κ3) is 4.26. The van der Waals surface area contributed by atoms with Crippen LogP contribution >= 0.6 is 11.8 Å². The van der Waals surface area contributed by atoms with Crippen LogP contribution in [0, 0.1) is 6.92 Å². The van der Waals surface area contributed by atoms with E-state index in [9.17, 15) is 13.2 Å². The number of primary sulfonamides is 1. The van der Waals surface area contributed by atoms with Crippen molar-refractivity contribution in [2.45, 2.75) is 29.1 Å². The first-order chi connectivity index (χ1) is 13.2. The lowest BCUT2D eigenvalue weighted by atomic mass is 10.2. The van der Waals surface area contributed by atoms with Crippen molar-refractivity contribution in [2.24, 2.45) is 12.2 Å². The molecule has 28 heavy (non-hydrogen) atoms. The van der Waals surface area contributed by atoms with Crippen molar-refractivity contribution in [2.75, 3.05) is 5.32 Å². The lowest BCUT2D eigenvalue weighted by Crippen LogP contribution is -2.23. The second kappa shape index (κ2) is 7.78. The normalized spacial score (nSPS) is 12.7. The van der Waals surface area contributed by atoms with E-state index < -0.39 is 15.3 Å². The highest BCUT2D eigenvalue weighted by atomic mass is 32.2. The maximum atomic E-state index is 12.5. The standard InChI is InChI=1S/C17H19N5O4S2/c1-10-14(8-9-26-10)15-20-21-17(22(15)3)27-11(2)16(23)19-12-4-6-13(7-5-12)28(18,24)25/h4-9,11H,1-3H3,(H,19,23)(H2,18,24,25)/t11-/m1/s1. The first-order valence-corrected chi connectivity index (χ1v) is 10.6. The summed E-state index contributed by atoms with van der Waals surface area (Å²) in [5.74, 6) is 1.14. The van der Waals surface area contributed by atoms with E-state index in [1.165, 1.54) is 36.0 Å². The number of aryl methyl sites for hydroxylation is 1. The van der Waals surface area contributed by atoms with Crippen LogP contribution in [0.5, 0.6) is 0 Å². The number of carbonyl (C=O) groups excluding carboxylic acids is 1. The minimum Gasteiger partial charge on any atom is -0.469 e. The Morgan fingerprint density at radius 1 is 1.25 bits per heavy atom. The molecule has 0 spiro atoms. The van der Waals surface area contributed by atoms with Crippen molar-refractivity contribution in [1.29, 1.82) is 0 Å². The molecule has 1 aromatic carbocycles.